The molecule has 1 saturated heterocycles. The van der Waals surface area contributed by atoms with E-state index in [-0.39, 0.29) is 23.3 Å². The summed E-state index contributed by atoms with van der Waals surface area (Å²) in [5, 5.41) is 10.7. The maximum atomic E-state index is 12.9. The Morgan fingerprint density at radius 3 is 1.98 bits per heavy atom. The van der Waals surface area contributed by atoms with Gasteiger partial charge in [0.25, 0.3) is 0 Å². The van der Waals surface area contributed by atoms with E-state index in [1.165, 1.54) is 30.9 Å². The summed E-state index contributed by atoms with van der Waals surface area (Å²) in [6, 6.07) is 10.0. The fourth-order valence-corrected chi connectivity index (χ4v) is 8.96. The molecule has 2 aliphatic rings. The Kier molecular flexibility index (Phi) is 17.3. The molecule has 0 N–H and O–H groups in total. The quantitative estimate of drug-likeness (QED) is 0.0720. The average Bonchev–Trinajstić information content (AvgIpc) is 3.12. The van der Waals surface area contributed by atoms with Gasteiger partial charge in [0.05, 0.1) is 7.11 Å². The molecular formula is C48H67NO10Si. The number of methoxy groups -OCH3 is 1. The van der Waals surface area contributed by atoms with E-state index in [1.807, 2.05) is 49.4 Å². The number of carbonyl (C=O) groups excluding carboxylic acids is 4. The van der Waals surface area contributed by atoms with E-state index < -0.39 is 68.3 Å². The van der Waals surface area contributed by atoms with Gasteiger partial charge in [-0.15, -0.1) is 0 Å². The molecule has 6 atom stereocenters. The number of hydrogen-bond donors (Lipinski definition) is 0. The minimum atomic E-state index is -2.47. The SMILES string of the molecule is COC(=O)C1O[C@@H](Cc2ccc(CC(C#N)(/C=C(C)/C=C/C=C(C)/C=C/C3=C(C)CCCC3(C)C)O[Si](C)(C)C(C)(C)C)cc2)C(OC(C)=O)[C@@H](OC(C)=O)[C@H]1OC(C)=O. The standard InChI is InChI=1S/C48H67NO10Si/c1-31(20-25-39-33(3)19-16-26-47(39,10)11)17-15-18-32(2)28-48(30-49,59-60(13,14)46(7,8)9)29-38-23-21-37(22-24-38)27-40-41(55-34(4)50)42(56-35(5)51)43(57-36(6)52)44(58-40)45(53)54-12/h15,17-18,20-25,28,40-44H,16,19,26-27,29H2,1-14H3/b18-15+,25-20+,31-17+,32-28+/t40-,41?,42+,43+,44?,48?/m0/s1. The molecule has 1 aromatic rings. The van der Waals surface area contributed by atoms with Crippen LogP contribution < -0.4 is 0 Å². The first-order chi connectivity index (χ1) is 27.8. The lowest BCUT2D eigenvalue weighted by molar-refractivity contribution is -0.248. The number of benzene rings is 1. The number of esters is 4. The van der Waals surface area contributed by atoms with E-state index in [4.69, 9.17) is 28.1 Å². The molecule has 328 valence electrons. The van der Waals surface area contributed by atoms with Gasteiger partial charge in [-0.3, -0.25) is 14.4 Å². The van der Waals surface area contributed by atoms with Crippen molar-refractivity contribution in [3.8, 4) is 6.07 Å². The topological polar surface area (TPSA) is 147 Å². The zero-order valence-electron chi connectivity index (χ0n) is 38.2. The molecule has 3 rings (SSSR count). The summed E-state index contributed by atoms with van der Waals surface area (Å²) in [7, 11) is -1.32. The number of allylic oxidation sites excluding steroid dienone is 9. The molecule has 1 aromatic carbocycles. The van der Waals surface area contributed by atoms with Crippen LogP contribution >= 0.6 is 0 Å². The van der Waals surface area contributed by atoms with Crippen molar-refractivity contribution in [3.05, 3.63) is 94.1 Å². The predicted molar refractivity (Wildman–Crippen MR) is 234 cm³/mol. The van der Waals surface area contributed by atoms with Crippen molar-refractivity contribution in [1.29, 1.82) is 5.26 Å². The first-order valence-electron chi connectivity index (χ1n) is 20.7. The zero-order valence-corrected chi connectivity index (χ0v) is 39.2. The van der Waals surface area contributed by atoms with Crippen molar-refractivity contribution < 1.29 is 47.3 Å². The lowest BCUT2D eigenvalue weighted by Gasteiger charge is -2.43. The Hall–Kier alpha value is -4.57. The summed E-state index contributed by atoms with van der Waals surface area (Å²) < 4.78 is 34.6. The normalized spacial score (nSPS) is 23.8. The average molecular weight is 846 g/mol. The van der Waals surface area contributed by atoms with E-state index in [0.717, 1.165) is 49.7 Å². The summed E-state index contributed by atoms with van der Waals surface area (Å²) >= 11 is 0. The molecule has 12 heteroatoms. The Morgan fingerprint density at radius 2 is 1.45 bits per heavy atom. The van der Waals surface area contributed by atoms with E-state index in [9.17, 15) is 24.4 Å². The number of carbonyl (C=O) groups is 4. The first-order valence-corrected chi connectivity index (χ1v) is 23.6. The van der Waals surface area contributed by atoms with E-state index in [1.54, 1.807) is 0 Å². The van der Waals surface area contributed by atoms with Crippen molar-refractivity contribution >= 4 is 32.2 Å². The van der Waals surface area contributed by atoms with Crippen LogP contribution in [0.25, 0.3) is 0 Å². The molecule has 0 radical (unpaired) electrons. The van der Waals surface area contributed by atoms with Crippen LogP contribution in [-0.4, -0.2) is 75.4 Å². The molecule has 0 saturated carbocycles. The number of ether oxygens (including phenoxy) is 5. The largest absolute Gasteiger partial charge is 0.467 e. The van der Waals surface area contributed by atoms with Crippen LogP contribution in [0.5, 0.6) is 0 Å². The van der Waals surface area contributed by atoms with E-state index in [2.05, 4.69) is 85.9 Å². The lowest BCUT2D eigenvalue weighted by atomic mass is 9.72. The van der Waals surface area contributed by atoms with Crippen molar-refractivity contribution in [2.24, 2.45) is 5.41 Å². The molecular weight excluding hydrogens is 779 g/mol. The minimum absolute atomic E-state index is 0.112. The molecule has 0 bridgehead atoms. The monoisotopic (exact) mass is 845 g/mol. The fraction of sp³-hybridized carbons (Fsp3) is 0.562. The second-order valence-corrected chi connectivity index (χ2v) is 23.0. The van der Waals surface area contributed by atoms with Crippen LogP contribution in [0, 0.1) is 16.7 Å². The van der Waals surface area contributed by atoms with Gasteiger partial charge in [0.2, 0.25) is 0 Å². The van der Waals surface area contributed by atoms with Gasteiger partial charge in [-0.2, -0.15) is 5.26 Å². The Labute approximate surface area is 359 Å². The fourth-order valence-electron chi connectivity index (χ4n) is 7.56. The second kappa shape index (κ2) is 20.8. The van der Waals surface area contributed by atoms with Crippen LogP contribution in [0.15, 0.2) is 83.0 Å². The number of hydrogen-bond acceptors (Lipinski definition) is 11. The van der Waals surface area contributed by atoms with Crippen LogP contribution in [0.4, 0.5) is 0 Å². The highest BCUT2D eigenvalue weighted by Crippen LogP contribution is 2.42. The van der Waals surface area contributed by atoms with Crippen molar-refractivity contribution in [2.45, 2.75) is 163 Å². The summed E-state index contributed by atoms with van der Waals surface area (Å²) in [6.07, 6.45) is 9.83. The Bertz CT molecular complexity index is 1920. The van der Waals surface area contributed by atoms with Crippen molar-refractivity contribution in [3.63, 3.8) is 0 Å². The number of nitrogens with zero attached hydrogens (tertiary/aromatic N) is 1. The van der Waals surface area contributed by atoms with Crippen LogP contribution in [0.1, 0.15) is 107 Å². The summed E-state index contributed by atoms with van der Waals surface area (Å²) in [5.41, 5.74) is 5.33. The molecule has 0 amide bonds. The maximum Gasteiger partial charge on any atom is 0.339 e. The third kappa shape index (κ3) is 13.7. The molecule has 0 spiro atoms. The van der Waals surface area contributed by atoms with Crippen molar-refractivity contribution in [1.82, 2.24) is 0 Å². The van der Waals surface area contributed by atoms with Gasteiger partial charge in [-0.25, -0.2) is 4.79 Å². The van der Waals surface area contributed by atoms with Gasteiger partial charge in [-0.1, -0.05) is 106 Å². The third-order valence-electron chi connectivity index (χ3n) is 11.6. The van der Waals surface area contributed by atoms with Gasteiger partial charge in [0.1, 0.15) is 12.2 Å². The smallest absolute Gasteiger partial charge is 0.339 e. The second-order valence-electron chi connectivity index (χ2n) is 18.3. The molecule has 1 heterocycles. The summed E-state index contributed by atoms with van der Waals surface area (Å²) in [5.74, 6) is -3.06. The highest BCUT2D eigenvalue weighted by molar-refractivity contribution is 6.74. The van der Waals surface area contributed by atoms with Gasteiger partial charge < -0.3 is 28.1 Å². The molecule has 1 aliphatic heterocycles. The number of nitriles is 1. The van der Waals surface area contributed by atoms with Crippen LogP contribution in [-0.2, 0) is 60.1 Å². The first kappa shape index (κ1) is 49.8. The highest BCUT2D eigenvalue weighted by atomic mass is 28.4. The molecule has 1 aliphatic carbocycles. The van der Waals surface area contributed by atoms with Crippen LogP contribution in [0.2, 0.25) is 18.1 Å². The van der Waals surface area contributed by atoms with Gasteiger partial charge in [-0.05, 0) is 86.4 Å². The van der Waals surface area contributed by atoms with E-state index >= 15 is 0 Å². The zero-order chi connectivity index (χ0) is 45.2. The van der Waals surface area contributed by atoms with Crippen LogP contribution in [0.3, 0.4) is 0 Å². The lowest BCUT2D eigenvalue weighted by Crippen LogP contribution is -2.63. The maximum absolute atomic E-state index is 12.9. The van der Waals surface area contributed by atoms with Gasteiger partial charge in [0.15, 0.2) is 38.3 Å². The molecule has 1 fully saturated rings. The molecule has 0 aromatic heterocycles. The summed E-state index contributed by atoms with van der Waals surface area (Å²) in [4.78, 5) is 49.6. The molecule has 3 unspecified atom stereocenters. The summed E-state index contributed by atoms with van der Waals surface area (Å²) in [6.45, 7) is 25.1. The highest BCUT2D eigenvalue weighted by Gasteiger charge is 2.54. The molecule has 11 nitrogen and oxygen atoms in total. The van der Waals surface area contributed by atoms with Crippen molar-refractivity contribution in [2.75, 3.05) is 7.11 Å². The number of rotatable bonds is 15. The van der Waals surface area contributed by atoms with Gasteiger partial charge in [0, 0.05) is 33.6 Å². The minimum Gasteiger partial charge on any atom is -0.467 e. The van der Waals surface area contributed by atoms with E-state index in [0.29, 0.717) is 0 Å². The molecule has 60 heavy (non-hydrogen) atoms. The third-order valence-corrected chi connectivity index (χ3v) is 16.1. The Morgan fingerprint density at radius 1 is 0.883 bits per heavy atom. The predicted octanol–water partition coefficient (Wildman–Crippen LogP) is 9.32. The van der Waals surface area contributed by atoms with Gasteiger partial charge >= 0.3 is 23.9 Å². The Balaban J connectivity index is 1.96.